The molecule has 0 aromatic carbocycles. The van der Waals surface area contributed by atoms with Crippen molar-refractivity contribution in [1.29, 1.82) is 0 Å². The minimum atomic E-state index is 0.284. The molecule has 3 heterocycles. The summed E-state index contributed by atoms with van der Waals surface area (Å²) in [5.41, 5.74) is 2.15. The molecule has 2 saturated heterocycles. The van der Waals surface area contributed by atoms with E-state index in [9.17, 15) is 4.79 Å². The molecule has 0 unspecified atom stereocenters. The van der Waals surface area contributed by atoms with E-state index in [-0.39, 0.29) is 12.0 Å². The second-order valence-electron chi connectivity index (χ2n) is 7.40. The highest BCUT2D eigenvalue weighted by atomic mass is 32.1. The van der Waals surface area contributed by atoms with Crippen LogP contribution in [-0.2, 0) is 16.0 Å². The number of thiazole rings is 1. The van der Waals surface area contributed by atoms with Crippen molar-refractivity contribution < 1.29 is 9.53 Å². The second-order valence-corrected chi connectivity index (χ2v) is 8.34. The molecule has 2 fully saturated rings. The van der Waals surface area contributed by atoms with Crippen LogP contribution in [0.1, 0.15) is 42.8 Å². The van der Waals surface area contributed by atoms with Gasteiger partial charge in [0.25, 0.3) is 0 Å². The highest BCUT2D eigenvalue weighted by molar-refractivity contribution is 7.09. The third-order valence-corrected chi connectivity index (χ3v) is 6.68. The molecule has 0 radical (unpaired) electrons. The molecule has 0 N–H and O–H groups in total. The minimum Gasteiger partial charge on any atom is -0.377 e. The number of nitrogens with zero attached hydrogens (tertiary/aromatic N) is 2. The highest BCUT2D eigenvalue weighted by Gasteiger charge is 2.42. The number of aromatic nitrogens is 1. The van der Waals surface area contributed by atoms with Crippen molar-refractivity contribution in [3.05, 3.63) is 27.7 Å². The monoisotopic (exact) mass is 346 g/mol. The van der Waals surface area contributed by atoms with Crippen molar-refractivity contribution in [3.8, 4) is 0 Å². The number of rotatable bonds is 3. The molecule has 1 aromatic rings. The zero-order valence-electron chi connectivity index (χ0n) is 14.4. The standard InChI is InChI=1S/C19H26N2O2S/c1-13-12-24-18(20-13)9-17-16-7-8-21(10-15(16)11-23-17)19(22)14-5-3-2-4-6-14/h5,12,15-17H,2-4,6-11H2,1H3/t15-,16-,17+/m1/s1. The summed E-state index contributed by atoms with van der Waals surface area (Å²) in [6, 6.07) is 0. The first-order valence-corrected chi connectivity index (χ1v) is 10.1. The predicted molar refractivity (Wildman–Crippen MR) is 95.0 cm³/mol. The fourth-order valence-electron chi connectivity index (χ4n) is 4.39. The Morgan fingerprint density at radius 1 is 1.46 bits per heavy atom. The number of fused-ring (bicyclic) bond motifs is 1. The predicted octanol–water partition coefficient (Wildman–Crippen LogP) is 3.36. The maximum absolute atomic E-state index is 12.7. The first-order chi connectivity index (χ1) is 11.7. The van der Waals surface area contributed by atoms with Crippen LogP contribution in [0.25, 0.3) is 0 Å². The van der Waals surface area contributed by atoms with E-state index in [2.05, 4.69) is 21.3 Å². The first-order valence-electron chi connectivity index (χ1n) is 9.21. The van der Waals surface area contributed by atoms with Gasteiger partial charge in [0.15, 0.2) is 0 Å². The fraction of sp³-hybridized carbons (Fsp3) is 0.684. The summed E-state index contributed by atoms with van der Waals surface area (Å²) in [6.07, 6.45) is 8.87. The molecule has 2 aliphatic heterocycles. The van der Waals surface area contributed by atoms with E-state index in [4.69, 9.17) is 4.74 Å². The van der Waals surface area contributed by atoms with E-state index in [0.29, 0.717) is 11.8 Å². The Balaban J connectivity index is 1.37. The normalized spacial score (nSPS) is 30.1. The number of ether oxygens (including phenoxy) is 1. The van der Waals surface area contributed by atoms with Gasteiger partial charge < -0.3 is 9.64 Å². The largest absolute Gasteiger partial charge is 0.377 e. The molecule has 5 heteroatoms. The molecular formula is C19H26N2O2S. The molecular weight excluding hydrogens is 320 g/mol. The second kappa shape index (κ2) is 6.96. The van der Waals surface area contributed by atoms with Crippen LogP contribution in [0.3, 0.4) is 0 Å². The smallest absolute Gasteiger partial charge is 0.249 e. The number of carbonyl (C=O) groups is 1. The molecule has 3 aliphatic rings. The Bertz CT molecular complexity index is 639. The average Bonchev–Trinajstić information content (AvgIpc) is 3.21. The summed E-state index contributed by atoms with van der Waals surface area (Å²) in [5.74, 6) is 1.36. The van der Waals surface area contributed by atoms with E-state index in [1.807, 2.05) is 6.92 Å². The molecule has 0 bridgehead atoms. The van der Waals surface area contributed by atoms with Crippen molar-refractivity contribution in [1.82, 2.24) is 9.88 Å². The molecule has 4 rings (SSSR count). The van der Waals surface area contributed by atoms with Crippen molar-refractivity contribution >= 4 is 17.2 Å². The molecule has 4 nitrogen and oxygen atoms in total. The number of likely N-dealkylation sites (tertiary alicyclic amines) is 1. The van der Waals surface area contributed by atoms with Gasteiger partial charge in [0.05, 0.1) is 17.7 Å². The third-order valence-electron chi connectivity index (χ3n) is 5.69. The number of aryl methyl sites for hydroxylation is 1. The molecule has 1 aliphatic carbocycles. The Morgan fingerprint density at radius 3 is 3.12 bits per heavy atom. The van der Waals surface area contributed by atoms with Crippen LogP contribution in [0.15, 0.2) is 17.0 Å². The van der Waals surface area contributed by atoms with E-state index in [1.54, 1.807) is 11.3 Å². The molecule has 0 saturated carbocycles. The zero-order chi connectivity index (χ0) is 16.5. The van der Waals surface area contributed by atoms with Crippen molar-refractivity contribution in [2.24, 2.45) is 11.8 Å². The van der Waals surface area contributed by atoms with Gasteiger partial charge in [-0.2, -0.15) is 0 Å². The summed E-state index contributed by atoms with van der Waals surface area (Å²) in [4.78, 5) is 19.4. The maximum Gasteiger partial charge on any atom is 0.249 e. The molecule has 1 aromatic heterocycles. The number of carbonyl (C=O) groups excluding carboxylic acids is 1. The summed E-state index contributed by atoms with van der Waals surface area (Å²) < 4.78 is 6.10. The van der Waals surface area contributed by atoms with Crippen molar-refractivity contribution in [2.75, 3.05) is 19.7 Å². The molecule has 0 spiro atoms. The van der Waals surface area contributed by atoms with Crippen LogP contribution in [0.4, 0.5) is 0 Å². The van der Waals surface area contributed by atoms with Gasteiger partial charge in [-0.3, -0.25) is 4.79 Å². The maximum atomic E-state index is 12.7. The van der Waals surface area contributed by atoms with Crippen molar-refractivity contribution in [3.63, 3.8) is 0 Å². The summed E-state index contributed by atoms with van der Waals surface area (Å²) in [5, 5.41) is 3.30. The zero-order valence-corrected chi connectivity index (χ0v) is 15.2. The van der Waals surface area contributed by atoms with Gasteiger partial charge in [-0.1, -0.05) is 6.08 Å². The molecule has 3 atom stereocenters. The molecule has 130 valence electrons. The van der Waals surface area contributed by atoms with Gasteiger partial charge in [0, 0.05) is 42.1 Å². The Hall–Kier alpha value is -1.20. The summed E-state index contributed by atoms with van der Waals surface area (Å²) in [6.45, 7) is 4.59. The van der Waals surface area contributed by atoms with Crippen LogP contribution in [0.2, 0.25) is 0 Å². The lowest BCUT2D eigenvalue weighted by Crippen LogP contribution is -2.45. The Morgan fingerprint density at radius 2 is 2.38 bits per heavy atom. The lowest BCUT2D eigenvalue weighted by Gasteiger charge is -2.36. The highest BCUT2D eigenvalue weighted by Crippen LogP contribution is 2.37. The number of piperidine rings is 1. The van der Waals surface area contributed by atoms with Crippen LogP contribution in [-0.4, -0.2) is 41.6 Å². The summed E-state index contributed by atoms with van der Waals surface area (Å²) in [7, 11) is 0. The lowest BCUT2D eigenvalue weighted by atomic mass is 9.83. The molecule has 1 amide bonds. The van der Waals surface area contributed by atoms with E-state index >= 15 is 0 Å². The Labute approximate surface area is 147 Å². The Kier molecular flexibility index (Phi) is 4.72. The van der Waals surface area contributed by atoms with Gasteiger partial charge in [0.2, 0.25) is 5.91 Å². The third kappa shape index (κ3) is 3.29. The van der Waals surface area contributed by atoms with Gasteiger partial charge in [0.1, 0.15) is 0 Å². The molecule has 24 heavy (non-hydrogen) atoms. The van der Waals surface area contributed by atoms with Gasteiger partial charge >= 0.3 is 0 Å². The number of hydrogen-bond acceptors (Lipinski definition) is 4. The summed E-state index contributed by atoms with van der Waals surface area (Å²) >= 11 is 1.74. The topological polar surface area (TPSA) is 42.4 Å². The van der Waals surface area contributed by atoms with E-state index in [0.717, 1.165) is 63.1 Å². The first kappa shape index (κ1) is 16.3. The van der Waals surface area contributed by atoms with Crippen LogP contribution in [0, 0.1) is 18.8 Å². The fourth-order valence-corrected chi connectivity index (χ4v) is 5.20. The van der Waals surface area contributed by atoms with Gasteiger partial charge in [-0.05, 0) is 44.9 Å². The van der Waals surface area contributed by atoms with Crippen LogP contribution < -0.4 is 0 Å². The number of hydrogen-bond donors (Lipinski definition) is 0. The number of allylic oxidation sites excluding steroid dienone is 1. The quantitative estimate of drug-likeness (QED) is 0.843. The van der Waals surface area contributed by atoms with Crippen molar-refractivity contribution in [2.45, 2.75) is 51.6 Å². The van der Waals surface area contributed by atoms with Gasteiger partial charge in [-0.25, -0.2) is 4.98 Å². The van der Waals surface area contributed by atoms with Crippen LogP contribution >= 0.6 is 11.3 Å². The van der Waals surface area contributed by atoms with E-state index in [1.165, 1.54) is 11.4 Å². The van der Waals surface area contributed by atoms with Crippen LogP contribution in [0.5, 0.6) is 0 Å². The number of amides is 1. The van der Waals surface area contributed by atoms with E-state index < -0.39 is 0 Å². The lowest BCUT2D eigenvalue weighted by molar-refractivity contribution is -0.129. The minimum absolute atomic E-state index is 0.284. The average molecular weight is 346 g/mol. The van der Waals surface area contributed by atoms with Gasteiger partial charge in [-0.15, -0.1) is 11.3 Å². The SMILES string of the molecule is Cc1csc(C[C@@H]2OC[C@H]3CN(C(=O)C4=CCCCC4)CC[C@H]32)n1.